The van der Waals surface area contributed by atoms with Crippen molar-refractivity contribution in [1.82, 2.24) is 10.2 Å². The molecule has 2 unspecified atom stereocenters. The molecule has 1 aliphatic carbocycles. The predicted molar refractivity (Wildman–Crippen MR) is 74.3 cm³/mol. The minimum Gasteiger partial charge on any atom is -0.297 e. The van der Waals surface area contributed by atoms with Crippen LogP contribution in [0.1, 0.15) is 59.8 Å². The van der Waals surface area contributed by atoms with E-state index in [1.165, 1.54) is 32.2 Å². The third-order valence-electron chi connectivity index (χ3n) is 4.55. The summed E-state index contributed by atoms with van der Waals surface area (Å²) in [5.41, 5.74) is -0.0609. The van der Waals surface area contributed by atoms with E-state index in [4.69, 9.17) is 0 Å². The van der Waals surface area contributed by atoms with E-state index in [0.717, 1.165) is 6.42 Å². The van der Waals surface area contributed by atoms with Gasteiger partial charge in [-0.1, -0.05) is 0 Å². The molecule has 1 saturated heterocycles. The molecule has 0 amide bonds. The van der Waals surface area contributed by atoms with E-state index in [2.05, 4.69) is 44.0 Å². The summed E-state index contributed by atoms with van der Waals surface area (Å²) in [6.07, 6.45) is 5.96. The van der Waals surface area contributed by atoms with Gasteiger partial charge in [-0.05, 0) is 66.3 Å². The molecule has 1 saturated carbocycles. The van der Waals surface area contributed by atoms with E-state index < -0.39 is 0 Å². The zero-order valence-corrected chi connectivity index (χ0v) is 12.3. The van der Waals surface area contributed by atoms with Crippen LogP contribution in [0.25, 0.3) is 0 Å². The number of nitriles is 1. The highest BCUT2D eigenvalue weighted by Crippen LogP contribution is 2.33. The molecule has 2 rings (SSSR count). The molecule has 0 spiro atoms. The third kappa shape index (κ3) is 3.05. The van der Waals surface area contributed by atoms with E-state index in [-0.39, 0.29) is 5.54 Å². The maximum Gasteiger partial charge on any atom is 0.105 e. The van der Waals surface area contributed by atoms with Crippen molar-refractivity contribution in [2.45, 2.75) is 83.0 Å². The molecule has 1 heterocycles. The maximum atomic E-state index is 9.45. The molecule has 0 aromatic rings. The summed E-state index contributed by atoms with van der Waals surface area (Å²) in [5, 5.41) is 13.0. The van der Waals surface area contributed by atoms with Crippen LogP contribution in [-0.2, 0) is 0 Å². The molecule has 1 aliphatic heterocycles. The number of likely N-dealkylation sites (tertiary alicyclic amines) is 1. The average Bonchev–Trinajstić information content (AvgIpc) is 3.00. The van der Waals surface area contributed by atoms with Crippen LogP contribution >= 0.6 is 0 Å². The Morgan fingerprint density at radius 2 is 2.17 bits per heavy atom. The van der Waals surface area contributed by atoms with E-state index in [0.29, 0.717) is 17.6 Å². The molecule has 0 bridgehead atoms. The van der Waals surface area contributed by atoms with Crippen LogP contribution < -0.4 is 5.32 Å². The Kier molecular flexibility index (Phi) is 3.71. The largest absolute Gasteiger partial charge is 0.297 e. The van der Waals surface area contributed by atoms with Crippen molar-refractivity contribution >= 4 is 0 Å². The second-order valence-corrected chi connectivity index (χ2v) is 7.03. The van der Waals surface area contributed by atoms with Gasteiger partial charge in [0.15, 0.2) is 0 Å². The number of nitrogens with one attached hydrogen (secondary N) is 1. The van der Waals surface area contributed by atoms with Gasteiger partial charge in [0.2, 0.25) is 0 Å². The van der Waals surface area contributed by atoms with Crippen molar-refractivity contribution < 1.29 is 0 Å². The Morgan fingerprint density at radius 3 is 2.61 bits per heavy atom. The van der Waals surface area contributed by atoms with Crippen LogP contribution in [0.15, 0.2) is 0 Å². The van der Waals surface area contributed by atoms with E-state index >= 15 is 0 Å². The van der Waals surface area contributed by atoms with Gasteiger partial charge in [-0.2, -0.15) is 5.26 Å². The zero-order valence-electron chi connectivity index (χ0n) is 12.3. The Labute approximate surface area is 112 Å². The van der Waals surface area contributed by atoms with Crippen LogP contribution in [-0.4, -0.2) is 34.6 Å². The molecular formula is C15H27N3. The van der Waals surface area contributed by atoms with Gasteiger partial charge in [0.1, 0.15) is 5.54 Å². The maximum absolute atomic E-state index is 9.45. The first-order valence-electron chi connectivity index (χ1n) is 7.32. The number of hydrogen-bond donors (Lipinski definition) is 1. The van der Waals surface area contributed by atoms with Crippen molar-refractivity contribution in [2.75, 3.05) is 6.54 Å². The minimum absolute atomic E-state index is 0.301. The van der Waals surface area contributed by atoms with Crippen molar-refractivity contribution in [3.8, 4) is 6.07 Å². The van der Waals surface area contributed by atoms with Gasteiger partial charge in [-0.15, -0.1) is 0 Å². The molecule has 2 atom stereocenters. The molecule has 0 aromatic heterocycles. The van der Waals surface area contributed by atoms with Crippen molar-refractivity contribution in [2.24, 2.45) is 0 Å². The van der Waals surface area contributed by atoms with Crippen LogP contribution in [0.2, 0.25) is 0 Å². The summed E-state index contributed by atoms with van der Waals surface area (Å²) in [5.74, 6) is 0. The first-order chi connectivity index (χ1) is 8.36. The summed E-state index contributed by atoms with van der Waals surface area (Å²) < 4.78 is 0. The number of hydrogen-bond acceptors (Lipinski definition) is 3. The third-order valence-corrected chi connectivity index (χ3v) is 4.55. The molecule has 3 heteroatoms. The summed E-state index contributed by atoms with van der Waals surface area (Å²) in [6.45, 7) is 10.2. The zero-order chi connectivity index (χ0) is 13.4. The van der Waals surface area contributed by atoms with Gasteiger partial charge in [-0.25, -0.2) is 0 Å². The summed E-state index contributed by atoms with van der Waals surface area (Å²) in [7, 11) is 0. The Balaban J connectivity index is 1.96. The highest BCUT2D eigenvalue weighted by molar-refractivity contribution is 5.09. The molecule has 0 radical (unpaired) electrons. The van der Waals surface area contributed by atoms with Crippen molar-refractivity contribution in [3.05, 3.63) is 0 Å². The highest BCUT2D eigenvalue weighted by atomic mass is 15.2. The second kappa shape index (κ2) is 4.83. The molecule has 3 nitrogen and oxygen atoms in total. The van der Waals surface area contributed by atoms with Crippen molar-refractivity contribution in [3.63, 3.8) is 0 Å². The quantitative estimate of drug-likeness (QED) is 0.814. The Hall–Kier alpha value is -0.590. The van der Waals surface area contributed by atoms with Crippen LogP contribution in [0.4, 0.5) is 0 Å². The second-order valence-electron chi connectivity index (χ2n) is 7.03. The smallest absolute Gasteiger partial charge is 0.105 e. The average molecular weight is 249 g/mol. The molecule has 2 fully saturated rings. The van der Waals surface area contributed by atoms with Crippen LogP contribution in [0.5, 0.6) is 0 Å². The van der Waals surface area contributed by atoms with Gasteiger partial charge in [0.25, 0.3) is 0 Å². The van der Waals surface area contributed by atoms with Crippen LogP contribution in [0.3, 0.4) is 0 Å². The number of nitrogens with zero attached hydrogens (tertiary/aromatic N) is 2. The van der Waals surface area contributed by atoms with E-state index in [1.807, 2.05) is 0 Å². The minimum atomic E-state index is -0.362. The van der Waals surface area contributed by atoms with E-state index in [1.54, 1.807) is 0 Å². The first-order valence-corrected chi connectivity index (χ1v) is 7.32. The molecule has 2 aliphatic rings. The lowest BCUT2D eigenvalue weighted by molar-refractivity contribution is 0.106. The fourth-order valence-electron chi connectivity index (χ4n) is 3.46. The Morgan fingerprint density at radius 1 is 1.50 bits per heavy atom. The highest BCUT2D eigenvalue weighted by Gasteiger charge is 2.39. The standard InChI is InChI=1S/C15H27N3/c1-12(18-9-5-8-14(18,2)3)10-15(4,11-16)17-13-6-7-13/h12-13,17H,5-10H2,1-4H3. The summed E-state index contributed by atoms with van der Waals surface area (Å²) in [6, 6.07) is 3.56. The first kappa shape index (κ1) is 13.8. The molecule has 0 aromatic carbocycles. The normalized spacial score (nSPS) is 28.6. The molecule has 102 valence electrons. The van der Waals surface area contributed by atoms with Gasteiger partial charge in [-0.3, -0.25) is 10.2 Å². The topological polar surface area (TPSA) is 39.1 Å². The van der Waals surface area contributed by atoms with Gasteiger partial charge < -0.3 is 0 Å². The summed E-state index contributed by atoms with van der Waals surface area (Å²) >= 11 is 0. The van der Waals surface area contributed by atoms with Gasteiger partial charge in [0.05, 0.1) is 6.07 Å². The van der Waals surface area contributed by atoms with Gasteiger partial charge >= 0.3 is 0 Å². The molecule has 1 N–H and O–H groups in total. The fourth-order valence-corrected chi connectivity index (χ4v) is 3.46. The lowest BCUT2D eigenvalue weighted by Gasteiger charge is -2.39. The summed E-state index contributed by atoms with van der Waals surface area (Å²) in [4.78, 5) is 2.58. The fraction of sp³-hybridized carbons (Fsp3) is 0.933. The molecular weight excluding hydrogens is 222 g/mol. The molecule has 18 heavy (non-hydrogen) atoms. The SMILES string of the molecule is CC(CC(C)(C#N)NC1CC1)N1CCCC1(C)C. The van der Waals surface area contributed by atoms with Gasteiger partial charge in [0, 0.05) is 17.6 Å². The number of rotatable bonds is 5. The monoisotopic (exact) mass is 249 g/mol. The Bertz CT molecular complexity index is 340. The van der Waals surface area contributed by atoms with E-state index in [9.17, 15) is 5.26 Å². The lowest BCUT2D eigenvalue weighted by Crippen LogP contribution is -2.51. The lowest BCUT2D eigenvalue weighted by atomic mass is 9.92. The van der Waals surface area contributed by atoms with Crippen molar-refractivity contribution in [1.29, 1.82) is 5.26 Å². The van der Waals surface area contributed by atoms with Crippen LogP contribution in [0, 0.1) is 11.3 Å². The predicted octanol–water partition coefficient (Wildman–Crippen LogP) is 2.67.